The molecule has 0 radical (unpaired) electrons. The summed E-state index contributed by atoms with van der Waals surface area (Å²) < 4.78 is 0.567. The number of hydrogen-bond donors (Lipinski definition) is 2. The first-order chi connectivity index (χ1) is 11.8. The quantitative estimate of drug-likeness (QED) is 0.287. The average Bonchev–Trinajstić information content (AvgIpc) is 2.62. The Morgan fingerprint density at radius 2 is 1.04 bits per heavy atom. The number of benzene rings is 4. The standard InChI is InChI=1S/C21H17NS2.K.H/c22-21(23)24(19-13-5-9-15-7-1-3-11-17(15)19)20-14-6-10-16-8-2-4-12-18(16)20;;/h1-14,24H,(H2,22,23);;. The second-order valence-corrected chi connectivity index (χ2v) is 8.53. The molecule has 4 aromatic rings. The van der Waals surface area contributed by atoms with Gasteiger partial charge in [0, 0.05) is 9.79 Å². The zero-order valence-corrected chi connectivity index (χ0v) is 14.7. The molecule has 0 aliphatic heterocycles. The first-order valence-electron chi connectivity index (χ1n) is 7.81. The van der Waals surface area contributed by atoms with Crippen LogP contribution >= 0.6 is 23.1 Å². The molecule has 0 amide bonds. The van der Waals surface area contributed by atoms with Crippen LogP contribution in [0.1, 0.15) is 0 Å². The van der Waals surface area contributed by atoms with Crippen molar-refractivity contribution >= 4 is 100 Å². The summed E-state index contributed by atoms with van der Waals surface area (Å²) in [4.78, 5) is 2.46. The van der Waals surface area contributed by atoms with Crippen LogP contribution in [0.25, 0.3) is 21.5 Å². The second-order valence-electron chi connectivity index (χ2n) is 5.67. The van der Waals surface area contributed by atoms with Gasteiger partial charge in [0.05, 0.1) is 0 Å². The Morgan fingerprint density at radius 3 is 1.48 bits per heavy atom. The summed E-state index contributed by atoms with van der Waals surface area (Å²) in [7, 11) is -0.900. The van der Waals surface area contributed by atoms with Crippen LogP contribution in [0.4, 0.5) is 0 Å². The van der Waals surface area contributed by atoms with E-state index in [4.69, 9.17) is 18.0 Å². The number of hydrogen-bond acceptors (Lipinski definition) is 1. The summed E-state index contributed by atoms with van der Waals surface area (Å²) in [5.41, 5.74) is 6.24. The van der Waals surface area contributed by atoms with E-state index in [1.165, 1.54) is 31.3 Å². The molecule has 0 atom stereocenters. The summed E-state index contributed by atoms with van der Waals surface area (Å²) in [5, 5.41) is 4.90. The molecule has 4 aromatic carbocycles. The van der Waals surface area contributed by atoms with Gasteiger partial charge in [-0.1, -0.05) is 85.0 Å². The van der Waals surface area contributed by atoms with Gasteiger partial charge in [-0.3, -0.25) is 0 Å². The van der Waals surface area contributed by atoms with Gasteiger partial charge < -0.3 is 5.73 Å². The van der Waals surface area contributed by atoms with Gasteiger partial charge in [0.2, 0.25) is 0 Å². The van der Waals surface area contributed by atoms with Crippen LogP contribution in [0.15, 0.2) is 94.7 Å². The minimum atomic E-state index is -0.900. The Hall–Kier alpha value is -0.724. The molecule has 2 N–H and O–H groups in total. The van der Waals surface area contributed by atoms with Gasteiger partial charge in [-0.05, 0) is 33.7 Å². The van der Waals surface area contributed by atoms with Crippen LogP contribution in [0.5, 0.6) is 0 Å². The van der Waals surface area contributed by atoms with Crippen molar-refractivity contribution in [1.82, 2.24) is 0 Å². The number of thiol groups is 1. The number of nitrogens with two attached hydrogens (primary N) is 1. The molecular formula is C21H18KNS2. The van der Waals surface area contributed by atoms with Crippen LogP contribution in [-0.2, 0) is 0 Å². The molecule has 0 unspecified atom stereocenters. The fourth-order valence-electron chi connectivity index (χ4n) is 3.17. The van der Waals surface area contributed by atoms with E-state index in [0.29, 0.717) is 4.32 Å². The van der Waals surface area contributed by atoms with E-state index < -0.39 is 10.9 Å². The summed E-state index contributed by atoms with van der Waals surface area (Å²) in [6.07, 6.45) is 0. The van der Waals surface area contributed by atoms with E-state index in [2.05, 4.69) is 84.9 Å². The van der Waals surface area contributed by atoms with Crippen molar-refractivity contribution in [1.29, 1.82) is 0 Å². The molecule has 0 heterocycles. The minimum absolute atomic E-state index is 0. The van der Waals surface area contributed by atoms with Crippen molar-refractivity contribution in [3.8, 4) is 0 Å². The molecule has 0 saturated heterocycles. The van der Waals surface area contributed by atoms with E-state index in [-0.39, 0.29) is 51.4 Å². The topological polar surface area (TPSA) is 26.0 Å². The molecule has 120 valence electrons. The van der Waals surface area contributed by atoms with Gasteiger partial charge in [0.15, 0.2) is 0 Å². The number of fused-ring (bicyclic) bond motifs is 2. The Balaban J connectivity index is 0.00000182. The third kappa shape index (κ3) is 3.71. The zero-order chi connectivity index (χ0) is 16.5. The van der Waals surface area contributed by atoms with E-state index in [9.17, 15) is 0 Å². The van der Waals surface area contributed by atoms with Crippen LogP contribution < -0.4 is 5.73 Å². The fourth-order valence-corrected chi connectivity index (χ4v) is 5.86. The summed E-state index contributed by atoms with van der Waals surface area (Å²) in [5.74, 6) is 0. The second kappa shape index (κ2) is 8.31. The monoisotopic (exact) mass is 387 g/mol. The van der Waals surface area contributed by atoms with Gasteiger partial charge >= 0.3 is 51.4 Å². The van der Waals surface area contributed by atoms with Crippen molar-refractivity contribution in [3.63, 3.8) is 0 Å². The maximum atomic E-state index is 6.24. The van der Waals surface area contributed by atoms with Crippen molar-refractivity contribution in [2.75, 3.05) is 0 Å². The predicted molar refractivity (Wildman–Crippen MR) is 117 cm³/mol. The first-order valence-corrected chi connectivity index (χ1v) is 9.56. The Bertz CT molecular complexity index is 972. The van der Waals surface area contributed by atoms with E-state index in [1.54, 1.807) is 0 Å². The van der Waals surface area contributed by atoms with Gasteiger partial charge in [-0.2, -0.15) is 0 Å². The third-order valence-electron chi connectivity index (χ3n) is 4.24. The molecule has 0 fully saturated rings. The van der Waals surface area contributed by atoms with E-state index in [0.717, 1.165) is 0 Å². The SMILES string of the molecule is NC(=S)[SH](c1cccc2ccccc12)c1cccc2ccccc12.[KH]. The van der Waals surface area contributed by atoms with Crippen LogP contribution in [0.3, 0.4) is 0 Å². The zero-order valence-electron chi connectivity index (χ0n) is 13.0. The molecule has 0 aliphatic rings. The summed E-state index contributed by atoms with van der Waals surface area (Å²) >= 11 is 5.51. The van der Waals surface area contributed by atoms with Gasteiger partial charge in [0.1, 0.15) is 4.32 Å². The molecule has 4 heteroatoms. The van der Waals surface area contributed by atoms with Gasteiger partial charge in [0.25, 0.3) is 0 Å². The van der Waals surface area contributed by atoms with Crippen LogP contribution in [0.2, 0.25) is 0 Å². The van der Waals surface area contributed by atoms with Crippen molar-refractivity contribution < 1.29 is 0 Å². The number of rotatable bonds is 2. The van der Waals surface area contributed by atoms with Crippen molar-refractivity contribution in [2.45, 2.75) is 9.79 Å². The first kappa shape index (κ1) is 19.0. The molecule has 0 spiro atoms. The van der Waals surface area contributed by atoms with Gasteiger partial charge in [-0.15, -0.1) is 10.9 Å². The number of thiocarbonyl (C=S) groups is 1. The Labute approximate surface area is 198 Å². The molecule has 0 saturated carbocycles. The van der Waals surface area contributed by atoms with E-state index in [1.807, 2.05) is 0 Å². The molecule has 25 heavy (non-hydrogen) atoms. The normalized spacial score (nSPS) is 11.1. The molecule has 0 aliphatic carbocycles. The van der Waals surface area contributed by atoms with Crippen LogP contribution in [0, 0.1) is 0 Å². The molecular weight excluding hydrogens is 369 g/mol. The van der Waals surface area contributed by atoms with E-state index >= 15 is 0 Å². The fraction of sp³-hybridized carbons (Fsp3) is 0. The molecule has 0 aromatic heterocycles. The third-order valence-corrected chi connectivity index (χ3v) is 6.97. The van der Waals surface area contributed by atoms with Crippen molar-refractivity contribution in [3.05, 3.63) is 84.9 Å². The molecule has 0 bridgehead atoms. The van der Waals surface area contributed by atoms with Crippen LogP contribution in [-0.4, -0.2) is 55.7 Å². The summed E-state index contributed by atoms with van der Waals surface area (Å²) in [6, 6.07) is 29.6. The molecule has 4 rings (SSSR count). The predicted octanol–water partition coefficient (Wildman–Crippen LogP) is 5.01. The maximum absolute atomic E-state index is 6.24. The Morgan fingerprint density at radius 1 is 0.640 bits per heavy atom. The van der Waals surface area contributed by atoms with Crippen molar-refractivity contribution in [2.24, 2.45) is 5.73 Å². The Kier molecular flexibility index (Phi) is 6.33. The van der Waals surface area contributed by atoms with Gasteiger partial charge in [-0.25, -0.2) is 0 Å². The summed E-state index contributed by atoms with van der Waals surface area (Å²) in [6.45, 7) is 0. The molecule has 1 nitrogen and oxygen atoms in total. The average molecular weight is 388 g/mol.